The molecule has 2 rings (SSSR count). The van der Waals surface area contributed by atoms with Gasteiger partial charge in [-0.3, -0.25) is 10.1 Å². The van der Waals surface area contributed by atoms with Gasteiger partial charge in [-0.15, -0.1) is 0 Å². The van der Waals surface area contributed by atoms with Gasteiger partial charge in [0.2, 0.25) is 0 Å². The molecule has 20 heavy (non-hydrogen) atoms. The molecule has 0 saturated carbocycles. The van der Waals surface area contributed by atoms with Crippen molar-refractivity contribution in [2.75, 3.05) is 0 Å². The average molecular weight is 338 g/mol. The van der Waals surface area contributed by atoms with E-state index < -0.39 is 4.92 Å². The molecule has 2 aromatic carbocycles. The van der Waals surface area contributed by atoms with E-state index in [2.05, 4.69) is 15.9 Å². The van der Waals surface area contributed by atoms with Gasteiger partial charge in [0.05, 0.1) is 17.1 Å². The zero-order valence-corrected chi connectivity index (χ0v) is 12.3. The van der Waals surface area contributed by atoms with E-state index >= 15 is 0 Å². The van der Waals surface area contributed by atoms with Crippen LogP contribution in [0.3, 0.4) is 0 Å². The molecule has 0 aliphatic heterocycles. The predicted molar refractivity (Wildman–Crippen MR) is 78.0 cm³/mol. The van der Waals surface area contributed by atoms with Crippen molar-refractivity contribution in [3.05, 3.63) is 62.1 Å². The molecular weight excluding hydrogens is 326 g/mol. The van der Waals surface area contributed by atoms with Crippen LogP contribution in [0.1, 0.15) is 11.1 Å². The Morgan fingerprint density at radius 3 is 2.70 bits per heavy atom. The Hall–Kier alpha value is -1.92. The molecule has 0 radical (unpaired) electrons. The summed E-state index contributed by atoms with van der Waals surface area (Å²) in [7, 11) is 0. The number of hydrogen-bond acceptors (Lipinski definition) is 4. The van der Waals surface area contributed by atoms with Gasteiger partial charge in [0.25, 0.3) is 5.69 Å². The zero-order valence-electron chi connectivity index (χ0n) is 10.7. The van der Waals surface area contributed by atoms with Gasteiger partial charge in [0, 0.05) is 10.5 Å². The van der Waals surface area contributed by atoms with Crippen LogP contribution in [0.25, 0.3) is 0 Å². The van der Waals surface area contributed by atoms with Crippen LogP contribution in [0.4, 0.5) is 5.69 Å². The van der Waals surface area contributed by atoms with E-state index in [9.17, 15) is 10.1 Å². The Bertz CT molecular complexity index is 658. The quantitative estimate of drug-likeness (QED) is 0.677. The maximum atomic E-state index is 10.9. The first kappa shape index (κ1) is 14.5. The summed E-state index contributed by atoms with van der Waals surface area (Å²) in [6.07, 6.45) is 0. The highest BCUT2D eigenvalue weighted by Crippen LogP contribution is 2.32. The lowest BCUT2D eigenvalue weighted by atomic mass is 10.2. The molecular formula is C14H12BrNO4. The van der Waals surface area contributed by atoms with Crippen LogP contribution >= 0.6 is 15.9 Å². The number of nitro benzene ring substituents is 1. The Balaban J connectivity index is 2.33. The van der Waals surface area contributed by atoms with E-state index in [0.717, 1.165) is 10.0 Å². The SMILES string of the molecule is Cc1c(Oc2ccc(CO)c(Br)c2)cccc1[N+](=O)[O-]. The first-order valence-corrected chi connectivity index (χ1v) is 6.63. The van der Waals surface area contributed by atoms with E-state index in [4.69, 9.17) is 9.84 Å². The Morgan fingerprint density at radius 2 is 2.10 bits per heavy atom. The molecule has 0 heterocycles. The summed E-state index contributed by atoms with van der Waals surface area (Å²) < 4.78 is 6.39. The Labute approximate surface area is 124 Å². The molecule has 0 aromatic heterocycles. The Kier molecular flexibility index (Phi) is 4.36. The number of halogens is 1. The fourth-order valence-corrected chi connectivity index (χ4v) is 2.24. The smallest absolute Gasteiger partial charge is 0.276 e. The van der Waals surface area contributed by atoms with Gasteiger partial charge in [-0.05, 0) is 30.7 Å². The number of nitrogens with zero attached hydrogens (tertiary/aromatic N) is 1. The summed E-state index contributed by atoms with van der Waals surface area (Å²) >= 11 is 3.33. The van der Waals surface area contributed by atoms with Gasteiger partial charge in [-0.2, -0.15) is 0 Å². The summed E-state index contributed by atoms with van der Waals surface area (Å²) in [6.45, 7) is 1.57. The number of benzene rings is 2. The third kappa shape index (κ3) is 2.97. The number of aliphatic hydroxyl groups excluding tert-OH is 1. The van der Waals surface area contributed by atoms with Crippen LogP contribution in [-0.4, -0.2) is 10.0 Å². The van der Waals surface area contributed by atoms with Crippen molar-refractivity contribution in [1.82, 2.24) is 0 Å². The number of ether oxygens (including phenoxy) is 1. The second kappa shape index (κ2) is 6.02. The van der Waals surface area contributed by atoms with Crippen LogP contribution in [0.15, 0.2) is 40.9 Å². The molecule has 6 heteroatoms. The summed E-state index contributed by atoms with van der Waals surface area (Å²) in [5.41, 5.74) is 1.24. The second-order valence-corrected chi connectivity index (χ2v) is 5.03. The summed E-state index contributed by atoms with van der Waals surface area (Å²) in [5, 5.41) is 20.0. The van der Waals surface area contributed by atoms with E-state index in [1.165, 1.54) is 6.07 Å². The monoisotopic (exact) mass is 337 g/mol. The molecule has 0 unspecified atom stereocenters. The normalized spacial score (nSPS) is 10.3. The fourth-order valence-electron chi connectivity index (χ4n) is 1.76. The molecule has 0 atom stereocenters. The first-order valence-electron chi connectivity index (χ1n) is 5.84. The molecule has 0 saturated heterocycles. The van der Waals surface area contributed by atoms with Crippen molar-refractivity contribution < 1.29 is 14.8 Å². The van der Waals surface area contributed by atoms with Gasteiger partial charge >= 0.3 is 0 Å². The maximum Gasteiger partial charge on any atom is 0.276 e. The van der Waals surface area contributed by atoms with Crippen LogP contribution in [-0.2, 0) is 6.61 Å². The predicted octanol–water partition coefficient (Wildman–Crippen LogP) is 3.95. The van der Waals surface area contributed by atoms with Crippen LogP contribution < -0.4 is 4.74 Å². The van der Waals surface area contributed by atoms with E-state index in [1.807, 2.05) is 0 Å². The topological polar surface area (TPSA) is 72.6 Å². The lowest BCUT2D eigenvalue weighted by Crippen LogP contribution is -1.95. The van der Waals surface area contributed by atoms with Crippen LogP contribution in [0.5, 0.6) is 11.5 Å². The summed E-state index contributed by atoms with van der Waals surface area (Å²) in [4.78, 5) is 10.4. The maximum absolute atomic E-state index is 10.9. The highest BCUT2D eigenvalue weighted by molar-refractivity contribution is 9.10. The third-order valence-corrected chi connectivity index (χ3v) is 3.61. The lowest BCUT2D eigenvalue weighted by molar-refractivity contribution is -0.385. The molecule has 104 valence electrons. The van der Waals surface area contributed by atoms with Crippen molar-refractivity contribution in [3.63, 3.8) is 0 Å². The van der Waals surface area contributed by atoms with Crippen LogP contribution in [0.2, 0.25) is 0 Å². The minimum atomic E-state index is -0.438. The van der Waals surface area contributed by atoms with Crippen molar-refractivity contribution in [3.8, 4) is 11.5 Å². The van der Waals surface area contributed by atoms with E-state index in [-0.39, 0.29) is 12.3 Å². The Morgan fingerprint density at radius 1 is 1.35 bits per heavy atom. The lowest BCUT2D eigenvalue weighted by Gasteiger charge is -2.10. The number of hydrogen-bond donors (Lipinski definition) is 1. The highest BCUT2D eigenvalue weighted by Gasteiger charge is 2.14. The number of aliphatic hydroxyl groups is 1. The third-order valence-electron chi connectivity index (χ3n) is 2.87. The van der Waals surface area contributed by atoms with Gasteiger partial charge < -0.3 is 9.84 Å². The molecule has 2 aromatic rings. The summed E-state index contributed by atoms with van der Waals surface area (Å²) in [5.74, 6) is 0.973. The summed E-state index contributed by atoms with van der Waals surface area (Å²) in [6, 6.07) is 9.84. The minimum absolute atomic E-state index is 0.0218. The van der Waals surface area contributed by atoms with Crippen LogP contribution in [0, 0.1) is 17.0 Å². The minimum Gasteiger partial charge on any atom is -0.457 e. The standard InChI is InChI=1S/C14H12BrNO4/c1-9-13(16(18)19)3-2-4-14(9)20-11-6-5-10(8-17)12(15)7-11/h2-7,17H,8H2,1H3. The molecule has 0 amide bonds. The van der Waals surface area contributed by atoms with Crippen molar-refractivity contribution in [1.29, 1.82) is 0 Å². The van der Waals surface area contributed by atoms with Crippen molar-refractivity contribution >= 4 is 21.6 Å². The first-order chi connectivity index (χ1) is 9.52. The van der Waals surface area contributed by atoms with Gasteiger partial charge in [-0.25, -0.2) is 0 Å². The molecule has 0 aliphatic rings. The largest absolute Gasteiger partial charge is 0.457 e. The number of rotatable bonds is 4. The average Bonchev–Trinajstić information content (AvgIpc) is 2.41. The van der Waals surface area contributed by atoms with Crippen molar-refractivity contribution in [2.45, 2.75) is 13.5 Å². The highest BCUT2D eigenvalue weighted by atomic mass is 79.9. The molecule has 5 nitrogen and oxygen atoms in total. The fraction of sp³-hybridized carbons (Fsp3) is 0.143. The molecule has 0 bridgehead atoms. The van der Waals surface area contributed by atoms with E-state index in [1.54, 1.807) is 37.3 Å². The van der Waals surface area contributed by atoms with Gasteiger partial charge in [0.15, 0.2) is 0 Å². The van der Waals surface area contributed by atoms with E-state index in [0.29, 0.717) is 17.1 Å². The molecule has 1 N–H and O–H groups in total. The zero-order chi connectivity index (χ0) is 14.7. The van der Waals surface area contributed by atoms with Gasteiger partial charge in [-0.1, -0.05) is 28.1 Å². The van der Waals surface area contributed by atoms with Gasteiger partial charge in [0.1, 0.15) is 11.5 Å². The molecule has 0 aliphatic carbocycles. The second-order valence-electron chi connectivity index (χ2n) is 4.17. The molecule has 0 spiro atoms. The van der Waals surface area contributed by atoms with Crippen molar-refractivity contribution in [2.24, 2.45) is 0 Å². The number of nitro groups is 1. The molecule has 0 fully saturated rings.